The van der Waals surface area contributed by atoms with Crippen LogP contribution in [0, 0.1) is 17.0 Å². The number of nitrogens with two attached hydrogens (primary N) is 1. The number of carbonyl (C=O) groups is 6. The van der Waals surface area contributed by atoms with Gasteiger partial charge in [0.15, 0.2) is 0 Å². The Labute approximate surface area is 316 Å². The third kappa shape index (κ3) is 11.1. The van der Waals surface area contributed by atoms with Crippen molar-refractivity contribution in [1.82, 2.24) is 30.0 Å². The topological polar surface area (TPSA) is 217 Å². The summed E-state index contributed by atoms with van der Waals surface area (Å²) in [5.74, 6) is -5.72. The van der Waals surface area contributed by atoms with E-state index in [1.807, 2.05) is 51.1 Å². The van der Waals surface area contributed by atoms with E-state index in [-0.39, 0.29) is 62.5 Å². The van der Waals surface area contributed by atoms with Gasteiger partial charge in [0.25, 0.3) is 11.8 Å². The number of hydrogen-bond donors (Lipinski definition) is 5. The number of benzene rings is 2. The lowest BCUT2D eigenvalue weighted by atomic mass is 9.84. The first-order chi connectivity index (χ1) is 26.0. The van der Waals surface area contributed by atoms with Gasteiger partial charge in [0, 0.05) is 56.5 Å². The van der Waals surface area contributed by atoms with E-state index in [0.717, 1.165) is 40.8 Å². The van der Waals surface area contributed by atoms with Crippen LogP contribution in [0.4, 0.5) is 8.78 Å². The number of carboxylic acid groups (broad SMARTS) is 1. The van der Waals surface area contributed by atoms with E-state index in [4.69, 9.17) is 10.7 Å². The van der Waals surface area contributed by atoms with Crippen LogP contribution < -0.4 is 16.4 Å². The van der Waals surface area contributed by atoms with Crippen molar-refractivity contribution in [1.29, 1.82) is 0 Å². The third-order valence-electron chi connectivity index (χ3n) is 8.89. The zero-order valence-electron chi connectivity index (χ0n) is 30.7. The zero-order valence-corrected chi connectivity index (χ0v) is 30.7. The van der Waals surface area contributed by atoms with Crippen molar-refractivity contribution in [2.24, 2.45) is 11.1 Å². The summed E-state index contributed by atoms with van der Waals surface area (Å²) in [6.07, 6.45) is 2.97. The second-order valence-corrected chi connectivity index (χ2v) is 14.1. The molecule has 0 aliphatic carbocycles. The van der Waals surface area contributed by atoms with Crippen molar-refractivity contribution in [3.8, 4) is 11.3 Å². The van der Waals surface area contributed by atoms with E-state index < -0.39 is 77.3 Å². The van der Waals surface area contributed by atoms with Gasteiger partial charge < -0.3 is 36.0 Å². The van der Waals surface area contributed by atoms with Crippen LogP contribution in [0.15, 0.2) is 66.9 Å². The predicted octanol–water partition coefficient (Wildman–Crippen LogP) is 1.89. The molecule has 2 unspecified atom stereocenters. The standard InChI is InChI=1S/C38H45F2N7O8/c1-38(2,3)34(35-43-29(25-19-24(39)9-10-26(25)40)21-45(35)20-23-7-5-4-6-8-23)47(33(52)22-48)17-15-27(41)36(53)44-28(37(54)55)11-12-30(49)42-16-18-46-31(50)13-14-32(46)51/h4-10,13-14,19,21,27-28,34,48H,11-12,15-18,20,22,41H2,1-3H3,(H,42,49)(H,44,53)(H,54,55)/t27?,28-,34?/m0/s1. The summed E-state index contributed by atoms with van der Waals surface area (Å²) in [6.45, 7) is 4.46. The molecule has 17 heteroatoms. The molecule has 1 aliphatic heterocycles. The van der Waals surface area contributed by atoms with Crippen molar-refractivity contribution >= 4 is 35.5 Å². The van der Waals surface area contributed by atoms with Gasteiger partial charge in [-0.25, -0.2) is 18.6 Å². The van der Waals surface area contributed by atoms with Gasteiger partial charge in [-0.15, -0.1) is 0 Å². The van der Waals surface area contributed by atoms with Crippen molar-refractivity contribution < 1.29 is 47.8 Å². The highest BCUT2D eigenvalue weighted by Gasteiger charge is 2.39. The first-order valence-electron chi connectivity index (χ1n) is 17.6. The van der Waals surface area contributed by atoms with Gasteiger partial charge in [-0.1, -0.05) is 51.1 Å². The molecule has 1 aliphatic rings. The van der Waals surface area contributed by atoms with Crippen molar-refractivity contribution in [2.45, 2.75) is 64.7 Å². The molecular weight excluding hydrogens is 720 g/mol. The fourth-order valence-corrected chi connectivity index (χ4v) is 6.13. The predicted molar refractivity (Wildman–Crippen MR) is 194 cm³/mol. The quantitative estimate of drug-likeness (QED) is 0.119. The first kappa shape index (κ1) is 41.9. The molecular formula is C38H45F2N7O8. The molecule has 55 heavy (non-hydrogen) atoms. The number of aromatic nitrogens is 2. The van der Waals surface area contributed by atoms with E-state index in [2.05, 4.69) is 10.6 Å². The normalized spacial score (nSPS) is 14.4. The molecule has 0 radical (unpaired) electrons. The Morgan fingerprint density at radius 2 is 1.67 bits per heavy atom. The average Bonchev–Trinajstić information content (AvgIpc) is 3.69. The average molecular weight is 766 g/mol. The minimum Gasteiger partial charge on any atom is -0.480 e. The summed E-state index contributed by atoms with van der Waals surface area (Å²) in [5.41, 5.74) is 6.26. The highest BCUT2D eigenvalue weighted by molar-refractivity contribution is 6.12. The Morgan fingerprint density at radius 3 is 2.29 bits per heavy atom. The van der Waals surface area contributed by atoms with Gasteiger partial charge in [0.05, 0.1) is 17.8 Å². The number of aliphatic hydroxyl groups is 1. The number of carboxylic acids is 1. The summed E-state index contributed by atoms with van der Waals surface area (Å²) < 4.78 is 31.0. The largest absolute Gasteiger partial charge is 0.480 e. The summed E-state index contributed by atoms with van der Waals surface area (Å²) in [7, 11) is 0. The van der Waals surface area contributed by atoms with Crippen LogP contribution in [0.3, 0.4) is 0 Å². The van der Waals surface area contributed by atoms with Crippen LogP contribution in [0.1, 0.15) is 57.5 Å². The van der Waals surface area contributed by atoms with Crippen LogP contribution in [0.25, 0.3) is 11.3 Å². The van der Waals surface area contributed by atoms with Crippen LogP contribution in [0.2, 0.25) is 0 Å². The van der Waals surface area contributed by atoms with Crippen LogP contribution in [-0.4, -0.2) is 103 Å². The second kappa shape index (κ2) is 18.5. The Hall–Kier alpha value is -5.81. The first-order valence-corrected chi connectivity index (χ1v) is 17.6. The van der Waals surface area contributed by atoms with E-state index in [1.165, 1.54) is 4.90 Å². The minimum absolute atomic E-state index is 0.0545. The molecule has 0 bridgehead atoms. The fraction of sp³-hybridized carbons (Fsp3) is 0.395. The number of aliphatic hydroxyl groups excluding tert-OH is 1. The van der Waals surface area contributed by atoms with Gasteiger partial charge in [-0.3, -0.25) is 28.9 Å². The number of imidazole rings is 1. The maximum Gasteiger partial charge on any atom is 0.326 e. The lowest BCUT2D eigenvalue weighted by Gasteiger charge is -2.40. The molecule has 0 spiro atoms. The minimum atomic E-state index is -1.50. The second-order valence-electron chi connectivity index (χ2n) is 14.1. The molecule has 5 amide bonds. The molecule has 3 atom stereocenters. The molecule has 0 fully saturated rings. The number of halogens is 2. The fourth-order valence-electron chi connectivity index (χ4n) is 6.13. The number of aliphatic carboxylic acids is 1. The molecule has 1 aromatic heterocycles. The SMILES string of the molecule is CC(C)(C)C(c1nc(-c2cc(F)ccc2F)cn1Cc1ccccc1)N(CCC(N)C(=O)N[C@@H](CCC(=O)NCCN1C(=O)C=CC1=O)C(=O)O)C(=O)CO. The van der Waals surface area contributed by atoms with Gasteiger partial charge in [-0.05, 0) is 42.0 Å². The molecule has 2 aromatic carbocycles. The number of nitrogens with one attached hydrogen (secondary N) is 2. The molecule has 2 heterocycles. The highest BCUT2D eigenvalue weighted by atomic mass is 19.1. The molecule has 4 rings (SSSR count). The molecule has 294 valence electrons. The number of rotatable bonds is 18. The molecule has 3 aromatic rings. The molecule has 6 N–H and O–H groups in total. The maximum absolute atomic E-state index is 15.0. The van der Waals surface area contributed by atoms with Crippen LogP contribution in [0.5, 0.6) is 0 Å². The number of imide groups is 1. The van der Waals surface area contributed by atoms with Crippen LogP contribution >= 0.6 is 0 Å². The Kier molecular flexibility index (Phi) is 14.1. The summed E-state index contributed by atoms with van der Waals surface area (Å²) in [5, 5.41) is 24.6. The summed E-state index contributed by atoms with van der Waals surface area (Å²) in [6, 6.07) is 8.49. The zero-order chi connectivity index (χ0) is 40.4. The Balaban J connectivity index is 1.50. The van der Waals surface area contributed by atoms with Crippen molar-refractivity contribution in [3.63, 3.8) is 0 Å². The summed E-state index contributed by atoms with van der Waals surface area (Å²) >= 11 is 0. The van der Waals surface area contributed by atoms with Crippen molar-refractivity contribution in [2.75, 3.05) is 26.2 Å². The lowest BCUT2D eigenvalue weighted by molar-refractivity contribution is -0.142. The molecule has 0 saturated carbocycles. The number of nitrogens with zero attached hydrogens (tertiary/aromatic N) is 4. The van der Waals surface area contributed by atoms with Gasteiger partial charge in [0.1, 0.15) is 30.1 Å². The maximum atomic E-state index is 15.0. The smallest absolute Gasteiger partial charge is 0.326 e. The molecule has 15 nitrogen and oxygen atoms in total. The lowest BCUT2D eigenvalue weighted by Crippen LogP contribution is -2.51. The number of carbonyl (C=O) groups excluding carboxylic acids is 5. The summed E-state index contributed by atoms with van der Waals surface area (Å²) in [4.78, 5) is 81.2. The van der Waals surface area contributed by atoms with E-state index in [9.17, 15) is 47.8 Å². The number of hydrogen-bond acceptors (Lipinski definition) is 9. The van der Waals surface area contributed by atoms with Gasteiger partial charge in [0.2, 0.25) is 17.7 Å². The Bertz CT molecular complexity index is 1910. The van der Waals surface area contributed by atoms with Crippen molar-refractivity contribution in [3.05, 3.63) is 89.9 Å². The van der Waals surface area contributed by atoms with E-state index in [1.54, 1.807) is 10.8 Å². The van der Waals surface area contributed by atoms with E-state index in [0.29, 0.717) is 0 Å². The van der Waals surface area contributed by atoms with Crippen LogP contribution in [-0.2, 0) is 35.3 Å². The number of amides is 5. The molecule has 0 saturated heterocycles. The Morgan fingerprint density at radius 1 is 1.00 bits per heavy atom. The highest BCUT2D eigenvalue weighted by Crippen LogP contribution is 2.39. The van der Waals surface area contributed by atoms with E-state index >= 15 is 0 Å². The van der Waals surface area contributed by atoms with Gasteiger partial charge in [-0.2, -0.15) is 0 Å². The monoisotopic (exact) mass is 765 g/mol. The van der Waals surface area contributed by atoms with Gasteiger partial charge >= 0.3 is 5.97 Å². The third-order valence-corrected chi connectivity index (χ3v) is 8.89.